The fraction of sp³-hybridized carbons (Fsp3) is 0.500. The van der Waals surface area contributed by atoms with E-state index in [0.717, 1.165) is 18.4 Å². The van der Waals surface area contributed by atoms with Gasteiger partial charge < -0.3 is 0 Å². The number of aliphatic imine (C=N–C) groups is 1. The van der Waals surface area contributed by atoms with Gasteiger partial charge in [0.25, 0.3) is 0 Å². The zero-order valence-corrected chi connectivity index (χ0v) is 10.5. The molecule has 0 N–H and O–H groups in total. The summed E-state index contributed by atoms with van der Waals surface area (Å²) in [5.41, 5.74) is 1.03. The Morgan fingerprint density at radius 2 is 2.06 bits per heavy atom. The standard InChI is InChI=1S/C14H16ClNO/c15-13-8-4-7-12(9-13)14(16-10-17)11-5-2-1-3-6-11/h4,7-9,11,14H,1-3,5-6H2. The molecule has 2 nitrogen and oxygen atoms in total. The van der Waals surface area contributed by atoms with E-state index in [1.807, 2.05) is 24.3 Å². The van der Waals surface area contributed by atoms with E-state index in [-0.39, 0.29) is 6.04 Å². The number of hydrogen-bond acceptors (Lipinski definition) is 2. The Morgan fingerprint density at radius 3 is 2.71 bits per heavy atom. The van der Waals surface area contributed by atoms with Crippen LogP contribution in [0.2, 0.25) is 5.02 Å². The van der Waals surface area contributed by atoms with Gasteiger partial charge in [-0.15, -0.1) is 0 Å². The van der Waals surface area contributed by atoms with Crippen molar-refractivity contribution in [2.45, 2.75) is 38.1 Å². The molecule has 0 spiro atoms. The molecule has 1 aromatic rings. The molecular formula is C14H16ClNO. The van der Waals surface area contributed by atoms with Crippen molar-refractivity contribution in [3.05, 3.63) is 34.9 Å². The minimum absolute atomic E-state index is 0.0634. The first-order valence-corrected chi connectivity index (χ1v) is 6.51. The summed E-state index contributed by atoms with van der Waals surface area (Å²) in [5, 5.41) is 0.699. The average molecular weight is 250 g/mol. The summed E-state index contributed by atoms with van der Waals surface area (Å²) >= 11 is 5.99. The molecule has 0 amide bonds. The molecule has 1 aliphatic carbocycles. The highest BCUT2D eigenvalue weighted by atomic mass is 35.5. The molecule has 0 bridgehead atoms. The summed E-state index contributed by atoms with van der Waals surface area (Å²) in [7, 11) is 0. The van der Waals surface area contributed by atoms with Crippen LogP contribution in [-0.4, -0.2) is 6.08 Å². The van der Waals surface area contributed by atoms with Crippen LogP contribution >= 0.6 is 11.6 Å². The molecule has 0 radical (unpaired) electrons. The number of halogens is 1. The SMILES string of the molecule is O=C=NC(c1cccc(Cl)c1)C1CCCCC1. The van der Waals surface area contributed by atoms with Crippen molar-refractivity contribution < 1.29 is 4.79 Å². The van der Waals surface area contributed by atoms with Crippen LogP contribution in [0.15, 0.2) is 29.3 Å². The van der Waals surface area contributed by atoms with Gasteiger partial charge in [-0.1, -0.05) is 43.0 Å². The van der Waals surface area contributed by atoms with Gasteiger partial charge in [-0.2, -0.15) is 4.99 Å². The molecule has 0 aliphatic heterocycles. The van der Waals surface area contributed by atoms with Gasteiger partial charge in [-0.25, -0.2) is 4.79 Å². The van der Waals surface area contributed by atoms with Gasteiger partial charge in [0.15, 0.2) is 0 Å². The van der Waals surface area contributed by atoms with E-state index < -0.39 is 0 Å². The summed E-state index contributed by atoms with van der Waals surface area (Å²) < 4.78 is 0. The topological polar surface area (TPSA) is 29.4 Å². The molecule has 0 heterocycles. The van der Waals surface area contributed by atoms with E-state index in [4.69, 9.17) is 11.6 Å². The molecule has 1 aromatic carbocycles. The normalized spacial score (nSPS) is 18.4. The molecular weight excluding hydrogens is 234 g/mol. The predicted molar refractivity (Wildman–Crippen MR) is 68.9 cm³/mol. The number of carbonyl (C=O) groups excluding carboxylic acids is 1. The van der Waals surface area contributed by atoms with Crippen molar-refractivity contribution in [3.8, 4) is 0 Å². The second-order valence-corrected chi connectivity index (χ2v) is 5.05. The fourth-order valence-electron chi connectivity index (χ4n) is 2.65. The quantitative estimate of drug-likeness (QED) is 0.580. The average Bonchev–Trinajstić information content (AvgIpc) is 2.37. The first-order valence-electron chi connectivity index (χ1n) is 6.13. The van der Waals surface area contributed by atoms with Crippen LogP contribution in [0, 0.1) is 5.92 Å². The Bertz CT molecular complexity index is 420. The Labute approximate surface area is 107 Å². The summed E-state index contributed by atoms with van der Waals surface area (Å²) in [6.07, 6.45) is 7.76. The van der Waals surface area contributed by atoms with Gasteiger partial charge in [0.1, 0.15) is 0 Å². The maximum atomic E-state index is 10.6. The van der Waals surface area contributed by atoms with E-state index >= 15 is 0 Å². The number of nitrogens with zero attached hydrogens (tertiary/aromatic N) is 1. The van der Waals surface area contributed by atoms with Crippen molar-refractivity contribution in [3.63, 3.8) is 0 Å². The van der Waals surface area contributed by atoms with Gasteiger partial charge in [0, 0.05) is 5.02 Å². The lowest BCUT2D eigenvalue weighted by atomic mass is 9.81. The van der Waals surface area contributed by atoms with Crippen LogP contribution in [-0.2, 0) is 4.79 Å². The molecule has 2 rings (SSSR count). The predicted octanol–water partition coefficient (Wildman–Crippen LogP) is 4.30. The third kappa shape index (κ3) is 3.18. The Balaban J connectivity index is 2.24. The van der Waals surface area contributed by atoms with Crippen molar-refractivity contribution in [2.24, 2.45) is 10.9 Å². The van der Waals surface area contributed by atoms with E-state index in [2.05, 4.69) is 4.99 Å². The minimum Gasteiger partial charge on any atom is -0.211 e. The van der Waals surface area contributed by atoms with E-state index in [9.17, 15) is 4.79 Å². The summed E-state index contributed by atoms with van der Waals surface area (Å²) in [4.78, 5) is 14.6. The Morgan fingerprint density at radius 1 is 1.29 bits per heavy atom. The molecule has 90 valence electrons. The zero-order valence-electron chi connectivity index (χ0n) is 9.73. The summed E-state index contributed by atoms with van der Waals surface area (Å²) in [6.45, 7) is 0. The Kier molecular flexibility index (Phi) is 4.36. The number of benzene rings is 1. The third-order valence-corrected chi connectivity index (χ3v) is 3.71. The van der Waals surface area contributed by atoms with Gasteiger partial charge in [-0.05, 0) is 36.5 Å². The molecule has 1 aliphatic rings. The lowest BCUT2D eigenvalue weighted by Crippen LogP contribution is -2.14. The van der Waals surface area contributed by atoms with Crippen LogP contribution in [0.4, 0.5) is 0 Å². The molecule has 0 aromatic heterocycles. The van der Waals surface area contributed by atoms with E-state index in [0.29, 0.717) is 10.9 Å². The molecule has 0 saturated heterocycles. The second-order valence-electron chi connectivity index (χ2n) is 4.62. The van der Waals surface area contributed by atoms with Gasteiger partial charge in [0.05, 0.1) is 6.04 Å². The van der Waals surface area contributed by atoms with Crippen molar-refractivity contribution in [1.29, 1.82) is 0 Å². The maximum absolute atomic E-state index is 10.6. The molecule has 17 heavy (non-hydrogen) atoms. The lowest BCUT2D eigenvalue weighted by molar-refractivity contribution is 0.309. The van der Waals surface area contributed by atoms with Gasteiger partial charge >= 0.3 is 0 Å². The van der Waals surface area contributed by atoms with Crippen molar-refractivity contribution >= 4 is 17.7 Å². The van der Waals surface area contributed by atoms with Crippen LogP contribution in [0.1, 0.15) is 43.7 Å². The fourth-order valence-corrected chi connectivity index (χ4v) is 2.85. The molecule has 1 atom stereocenters. The monoisotopic (exact) mass is 249 g/mol. The molecule has 1 saturated carbocycles. The van der Waals surface area contributed by atoms with Crippen LogP contribution in [0.5, 0.6) is 0 Å². The third-order valence-electron chi connectivity index (χ3n) is 3.48. The Hall–Kier alpha value is -1.11. The highest BCUT2D eigenvalue weighted by Crippen LogP contribution is 2.37. The van der Waals surface area contributed by atoms with Crippen molar-refractivity contribution in [1.82, 2.24) is 0 Å². The minimum atomic E-state index is -0.0634. The van der Waals surface area contributed by atoms with Crippen LogP contribution in [0.25, 0.3) is 0 Å². The highest BCUT2D eigenvalue weighted by Gasteiger charge is 2.24. The highest BCUT2D eigenvalue weighted by molar-refractivity contribution is 6.30. The number of rotatable bonds is 3. The van der Waals surface area contributed by atoms with Crippen LogP contribution < -0.4 is 0 Å². The zero-order chi connectivity index (χ0) is 12.1. The molecule has 1 unspecified atom stereocenters. The summed E-state index contributed by atoms with van der Waals surface area (Å²) in [6, 6.07) is 7.58. The van der Waals surface area contributed by atoms with E-state index in [1.165, 1.54) is 19.3 Å². The number of isocyanates is 1. The maximum Gasteiger partial charge on any atom is 0.235 e. The summed E-state index contributed by atoms with van der Waals surface area (Å²) in [5.74, 6) is 0.462. The van der Waals surface area contributed by atoms with Crippen molar-refractivity contribution in [2.75, 3.05) is 0 Å². The molecule has 3 heteroatoms. The van der Waals surface area contributed by atoms with Gasteiger partial charge in [-0.3, -0.25) is 0 Å². The first-order chi connectivity index (χ1) is 8.31. The number of hydrogen-bond donors (Lipinski definition) is 0. The largest absolute Gasteiger partial charge is 0.235 e. The van der Waals surface area contributed by atoms with E-state index in [1.54, 1.807) is 6.08 Å². The molecule has 1 fully saturated rings. The smallest absolute Gasteiger partial charge is 0.211 e. The lowest BCUT2D eigenvalue weighted by Gasteiger charge is -2.26. The van der Waals surface area contributed by atoms with Crippen LogP contribution in [0.3, 0.4) is 0 Å². The van der Waals surface area contributed by atoms with Gasteiger partial charge in [0.2, 0.25) is 6.08 Å². The second kappa shape index (κ2) is 6.00. The first kappa shape index (κ1) is 12.3.